The second-order valence-corrected chi connectivity index (χ2v) is 4.37. The summed E-state index contributed by atoms with van der Waals surface area (Å²) in [7, 11) is 0. The van der Waals surface area contributed by atoms with Gasteiger partial charge >= 0.3 is 0 Å². The summed E-state index contributed by atoms with van der Waals surface area (Å²) in [4.78, 5) is 0. The number of rotatable bonds is 3. The molecule has 1 aromatic carbocycles. The zero-order valence-corrected chi connectivity index (χ0v) is 8.76. The molecule has 3 heteroatoms. The molecule has 1 nitrogen and oxygen atoms in total. The molecule has 0 heterocycles. The first-order valence-corrected chi connectivity index (χ1v) is 5.33. The van der Waals surface area contributed by atoms with Gasteiger partial charge in [-0.05, 0) is 24.8 Å². The van der Waals surface area contributed by atoms with Crippen molar-refractivity contribution in [3.8, 4) is 0 Å². The van der Waals surface area contributed by atoms with Crippen LogP contribution in [-0.4, -0.2) is 6.04 Å². The lowest BCUT2D eigenvalue weighted by atomic mass is 9.82. The van der Waals surface area contributed by atoms with Crippen molar-refractivity contribution in [2.24, 2.45) is 5.92 Å². The van der Waals surface area contributed by atoms with E-state index < -0.39 is 11.6 Å². The molecule has 0 spiro atoms. The molecule has 1 aliphatic rings. The first kappa shape index (κ1) is 10.6. The van der Waals surface area contributed by atoms with Gasteiger partial charge < -0.3 is 5.32 Å². The molecule has 1 aromatic rings. The van der Waals surface area contributed by atoms with Gasteiger partial charge in [0.2, 0.25) is 0 Å². The fraction of sp³-hybridized carbons (Fsp3) is 0.500. The van der Waals surface area contributed by atoms with Crippen LogP contribution in [0.4, 0.5) is 8.78 Å². The average Bonchev–Trinajstić information content (AvgIpc) is 2.17. The summed E-state index contributed by atoms with van der Waals surface area (Å²) < 4.78 is 26.1. The van der Waals surface area contributed by atoms with Crippen molar-refractivity contribution in [2.75, 3.05) is 0 Å². The monoisotopic (exact) mass is 211 g/mol. The highest BCUT2D eigenvalue weighted by Crippen LogP contribution is 2.26. The number of hydrogen-bond acceptors (Lipinski definition) is 1. The summed E-state index contributed by atoms with van der Waals surface area (Å²) in [5, 5.41) is 3.23. The fourth-order valence-corrected chi connectivity index (χ4v) is 2.01. The van der Waals surface area contributed by atoms with Crippen LogP contribution in [0.25, 0.3) is 0 Å². The molecule has 15 heavy (non-hydrogen) atoms. The van der Waals surface area contributed by atoms with Gasteiger partial charge in [-0.15, -0.1) is 0 Å². The molecular formula is C12H15F2N. The fourth-order valence-electron chi connectivity index (χ4n) is 2.01. The van der Waals surface area contributed by atoms with Crippen LogP contribution in [0, 0.1) is 17.6 Å². The van der Waals surface area contributed by atoms with Gasteiger partial charge in [0.1, 0.15) is 0 Å². The first-order chi connectivity index (χ1) is 7.16. The van der Waals surface area contributed by atoms with Crippen molar-refractivity contribution < 1.29 is 8.78 Å². The smallest absolute Gasteiger partial charge is 0.163 e. The molecule has 0 aliphatic heterocycles. The lowest BCUT2D eigenvalue weighted by molar-refractivity contribution is 0.239. The van der Waals surface area contributed by atoms with Crippen molar-refractivity contribution in [1.29, 1.82) is 0 Å². The Morgan fingerprint density at radius 1 is 1.33 bits per heavy atom. The summed E-state index contributed by atoms with van der Waals surface area (Å²) in [6.45, 7) is 2.61. The van der Waals surface area contributed by atoms with Gasteiger partial charge in [0.15, 0.2) is 11.6 Å². The van der Waals surface area contributed by atoms with Crippen LogP contribution in [0.2, 0.25) is 0 Å². The lowest BCUT2D eigenvalue weighted by Gasteiger charge is -2.33. The van der Waals surface area contributed by atoms with Crippen LogP contribution in [-0.2, 0) is 6.54 Å². The Bertz CT molecular complexity index is 345. The lowest BCUT2D eigenvalue weighted by Crippen LogP contribution is -2.39. The van der Waals surface area contributed by atoms with Gasteiger partial charge in [0.25, 0.3) is 0 Å². The van der Waals surface area contributed by atoms with Gasteiger partial charge in [-0.25, -0.2) is 8.78 Å². The molecule has 2 rings (SSSR count). The Hall–Kier alpha value is -0.960. The average molecular weight is 211 g/mol. The van der Waals surface area contributed by atoms with Gasteiger partial charge in [0, 0.05) is 18.2 Å². The van der Waals surface area contributed by atoms with Crippen LogP contribution < -0.4 is 5.32 Å². The SMILES string of the molecule is CC1CC(NCc2cccc(F)c2F)C1. The second kappa shape index (κ2) is 4.27. The van der Waals surface area contributed by atoms with Crippen LogP contribution >= 0.6 is 0 Å². The van der Waals surface area contributed by atoms with E-state index in [4.69, 9.17) is 0 Å². The van der Waals surface area contributed by atoms with Gasteiger partial charge in [0.05, 0.1) is 0 Å². The highest BCUT2D eigenvalue weighted by molar-refractivity contribution is 5.18. The van der Waals surface area contributed by atoms with E-state index in [2.05, 4.69) is 12.2 Å². The Morgan fingerprint density at radius 3 is 2.73 bits per heavy atom. The quantitative estimate of drug-likeness (QED) is 0.810. The third kappa shape index (κ3) is 2.34. The minimum Gasteiger partial charge on any atom is -0.310 e. The van der Waals surface area contributed by atoms with E-state index in [1.54, 1.807) is 12.1 Å². The highest BCUT2D eigenvalue weighted by Gasteiger charge is 2.24. The van der Waals surface area contributed by atoms with Crippen LogP contribution in [0.15, 0.2) is 18.2 Å². The van der Waals surface area contributed by atoms with Gasteiger partial charge in [-0.1, -0.05) is 19.1 Å². The summed E-state index contributed by atoms with van der Waals surface area (Å²) >= 11 is 0. The molecule has 1 saturated carbocycles. The molecule has 0 amide bonds. The third-order valence-electron chi connectivity index (χ3n) is 2.99. The molecule has 1 N–H and O–H groups in total. The Kier molecular flexibility index (Phi) is 3.00. The molecular weight excluding hydrogens is 196 g/mol. The molecule has 0 bridgehead atoms. The van der Waals surface area contributed by atoms with Crippen LogP contribution in [0.5, 0.6) is 0 Å². The summed E-state index contributed by atoms with van der Waals surface area (Å²) in [6.07, 6.45) is 2.27. The standard InChI is InChI=1S/C12H15F2N/c1-8-5-10(6-8)15-7-9-3-2-4-11(13)12(9)14/h2-4,8,10,15H,5-7H2,1H3. The topological polar surface area (TPSA) is 12.0 Å². The molecule has 0 radical (unpaired) electrons. The van der Waals surface area contributed by atoms with Crippen molar-refractivity contribution >= 4 is 0 Å². The van der Waals surface area contributed by atoms with E-state index in [0.29, 0.717) is 18.2 Å². The Labute approximate surface area is 88.5 Å². The normalized spacial score (nSPS) is 25.0. The van der Waals surface area contributed by atoms with E-state index in [1.165, 1.54) is 0 Å². The van der Waals surface area contributed by atoms with Crippen LogP contribution in [0.1, 0.15) is 25.3 Å². The van der Waals surface area contributed by atoms with Crippen molar-refractivity contribution in [2.45, 2.75) is 32.4 Å². The zero-order chi connectivity index (χ0) is 10.8. The van der Waals surface area contributed by atoms with E-state index in [0.717, 1.165) is 24.8 Å². The van der Waals surface area contributed by atoms with E-state index >= 15 is 0 Å². The Morgan fingerprint density at radius 2 is 2.07 bits per heavy atom. The molecule has 0 unspecified atom stereocenters. The van der Waals surface area contributed by atoms with Crippen molar-refractivity contribution in [3.05, 3.63) is 35.4 Å². The minimum absolute atomic E-state index is 0.412. The molecule has 0 saturated heterocycles. The summed E-state index contributed by atoms with van der Waals surface area (Å²) in [5.41, 5.74) is 0.412. The zero-order valence-electron chi connectivity index (χ0n) is 8.76. The van der Waals surface area contributed by atoms with Gasteiger partial charge in [-0.3, -0.25) is 0 Å². The predicted octanol–water partition coefficient (Wildman–Crippen LogP) is 2.85. The second-order valence-electron chi connectivity index (χ2n) is 4.37. The molecule has 82 valence electrons. The van der Waals surface area contributed by atoms with Crippen molar-refractivity contribution in [1.82, 2.24) is 5.32 Å². The number of halogens is 2. The number of nitrogens with one attached hydrogen (secondary N) is 1. The minimum atomic E-state index is -0.767. The van der Waals surface area contributed by atoms with E-state index in [9.17, 15) is 8.78 Å². The molecule has 1 aliphatic carbocycles. The maximum Gasteiger partial charge on any atom is 0.163 e. The number of benzene rings is 1. The predicted molar refractivity (Wildman–Crippen MR) is 55.4 cm³/mol. The maximum atomic E-state index is 13.2. The first-order valence-electron chi connectivity index (χ1n) is 5.33. The van der Waals surface area contributed by atoms with E-state index in [1.807, 2.05) is 0 Å². The summed E-state index contributed by atoms with van der Waals surface area (Å²) in [6, 6.07) is 4.78. The highest BCUT2D eigenvalue weighted by atomic mass is 19.2. The maximum absolute atomic E-state index is 13.2. The molecule has 1 fully saturated rings. The van der Waals surface area contributed by atoms with Gasteiger partial charge in [-0.2, -0.15) is 0 Å². The van der Waals surface area contributed by atoms with Crippen LogP contribution in [0.3, 0.4) is 0 Å². The largest absolute Gasteiger partial charge is 0.310 e. The number of hydrogen-bond donors (Lipinski definition) is 1. The molecule has 0 atom stereocenters. The molecule has 0 aromatic heterocycles. The Balaban J connectivity index is 1.91. The summed E-state index contributed by atoms with van der Waals surface area (Å²) in [5.74, 6) is -0.728. The van der Waals surface area contributed by atoms with E-state index in [-0.39, 0.29) is 0 Å². The van der Waals surface area contributed by atoms with Crippen molar-refractivity contribution in [3.63, 3.8) is 0 Å². The third-order valence-corrected chi connectivity index (χ3v) is 2.99.